The van der Waals surface area contributed by atoms with Crippen LogP contribution < -0.4 is 5.32 Å². The zero-order valence-electron chi connectivity index (χ0n) is 10.5. The first-order valence-corrected chi connectivity index (χ1v) is 5.77. The Bertz CT molecular complexity index is 620. The molecule has 3 nitrogen and oxygen atoms in total. The lowest BCUT2D eigenvalue weighted by atomic mass is 10.2. The van der Waals surface area contributed by atoms with Crippen molar-refractivity contribution < 1.29 is 9.13 Å². The molecule has 96 valence electrons. The highest BCUT2D eigenvalue weighted by Gasteiger charge is 2.04. The van der Waals surface area contributed by atoms with Gasteiger partial charge in [0.2, 0.25) is 0 Å². The monoisotopic (exact) mass is 256 g/mol. The minimum Gasteiger partial charge on any atom is -0.380 e. The van der Waals surface area contributed by atoms with Gasteiger partial charge in [-0.05, 0) is 35.9 Å². The Morgan fingerprint density at radius 1 is 1.26 bits per heavy atom. The van der Waals surface area contributed by atoms with Gasteiger partial charge in [0.25, 0.3) is 0 Å². The first-order chi connectivity index (χ1) is 9.22. The number of ether oxygens (including phenoxy) is 1. The molecule has 0 saturated carbocycles. The molecule has 2 aromatic carbocycles. The third-order valence-electron chi connectivity index (χ3n) is 2.62. The van der Waals surface area contributed by atoms with Crippen molar-refractivity contribution in [1.29, 1.82) is 5.26 Å². The normalized spacial score (nSPS) is 9.95. The highest BCUT2D eigenvalue weighted by molar-refractivity contribution is 5.61. The van der Waals surface area contributed by atoms with Crippen LogP contribution in [0.1, 0.15) is 11.1 Å². The predicted octanol–water partition coefficient (Wildman–Crippen LogP) is 3.59. The number of methoxy groups -OCH3 is 1. The molecule has 4 heteroatoms. The molecule has 0 fully saturated rings. The van der Waals surface area contributed by atoms with Gasteiger partial charge in [0, 0.05) is 12.8 Å². The molecule has 1 N–H and O–H groups in total. The van der Waals surface area contributed by atoms with Crippen LogP contribution in [-0.2, 0) is 11.3 Å². The van der Waals surface area contributed by atoms with E-state index in [4.69, 9.17) is 10.00 Å². The molecular weight excluding hydrogens is 243 g/mol. The second-order valence-electron chi connectivity index (χ2n) is 4.06. The van der Waals surface area contributed by atoms with Gasteiger partial charge in [-0.2, -0.15) is 5.26 Å². The topological polar surface area (TPSA) is 45.0 Å². The summed E-state index contributed by atoms with van der Waals surface area (Å²) in [4.78, 5) is 0. The summed E-state index contributed by atoms with van der Waals surface area (Å²) < 4.78 is 18.8. The number of nitrogens with zero attached hydrogens (tertiary/aromatic N) is 1. The van der Waals surface area contributed by atoms with Gasteiger partial charge in [-0.25, -0.2) is 4.39 Å². The van der Waals surface area contributed by atoms with E-state index in [0.29, 0.717) is 17.9 Å². The van der Waals surface area contributed by atoms with Crippen molar-refractivity contribution in [1.82, 2.24) is 0 Å². The van der Waals surface area contributed by atoms with Crippen molar-refractivity contribution in [2.45, 2.75) is 6.61 Å². The van der Waals surface area contributed by atoms with Gasteiger partial charge in [-0.3, -0.25) is 0 Å². The number of hydrogen-bond acceptors (Lipinski definition) is 3. The Hall–Kier alpha value is -2.38. The second-order valence-corrected chi connectivity index (χ2v) is 4.06. The lowest BCUT2D eigenvalue weighted by Gasteiger charge is -2.09. The zero-order chi connectivity index (χ0) is 13.7. The van der Waals surface area contributed by atoms with Gasteiger partial charge in [0.15, 0.2) is 0 Å². The van der Waals surface area contributed by atoms with Crippen molar-refractivity contribution in [2.75, 3.05) is 12.4 Å². The Labute approximate surface area is 111 Å². The molecule has 0 atom stereocenters. The molecule has 0 aliphatic heterocycles. The quantitative estimate of drug-likeness (QED) is 0.909. The van der Waals surface area contributed by atoms with Crippen LogP contribution in [0.3, 0.4) is 0 Å². The number of hydrogen-bond donors (Lipinski definition) is 1. The molecule has 2 rings (SSSR count). The van der Waals surface area contributed by atoms with Gasteiger partial charge in [0.05, 0.1) is 23.9 Å². The van der Waals surface area contributed by atoms with Crippen LogP contribution in [0.4, 0.5) is 15.8 Å². The summed E-state index contributed by atoms with van der Waals surface area (Å²) in [6, 6.07) is 13.8. The predicted molar refractivity (Wildman–Crippen MR) is 71.6 cm³/mol. The fourth-order valence-corrected chi connectivity index (χ4v) is 1.75. The first kappa shape index (κ1) is 13.1. The van der Waals surface area contributed by atoms with Gasteiger partial charge in [-0.1, -0.05) is 12.1 Å². The van der Waals surface area contributed by atoms with Crippen LogP contribution in [0.15, 0.2) is 42.5 Å². The Morgan fingerprint density at radius 2 is 2.11 bits per heavy atom. The maximum Gasteiger partial charge on any atom is 0.147 e. The van der Waals surface area contributed by atoms with Crippen molar-refractivity contribution in [3.05, 3.63) is 59.4 Å². The lowest BCUT2D eigenvalue weighted by molar-refractivity contribution is 0.185. The largest absolute Gasteiger partial charge is 0.380 e. The minimum absolute atomic E-state index is 0.302. The zero-order valence-corrected chi connectivity index (χ0v) is 10.5. The SMILES string of the molecule is COCc1cccc(Nc2ccc(C#N)cc2F)c1. The summed E-state index contributed by atoms with van der Waals surface area (Å²) in [7, 11) is 1.63. The molecule has 0 spiro atoms. The highest BCUT2D eigenvalue weighted by atomic mass is 19.1. The van der Waals surface area contributed by atoms with Crippen LogP contribution in [0.5, 0.6) is 0 Å². The average molecular weight is 256 g/mol. The number of benzene rings is 2. The summed E-state index contributed by atoms with van der Waals surface area (Å²) >= 11 is 0. The van der Waals surface area contributed by atoms with E-state index < -0.39 is 5.82 Å². The first-order valence-electron chi connectivity index (χ1n) is 5.77. The van der Waals surface area contributed by atoms with Crippen LogP contribution in [0.2, 0.25) is 0 Å². The van der Waals surface area contributed by atoms with E-state index in [1.165, 1.54) is 6.07 Å². The maximum absolute atomic E-state index is 13.7. The van der Waals surface area contributed by atoms with Crippen LogP contribution in [-0.4, -0.2) is 7.11 Å². The number of anilines is 2. The summed E-state index contributed by atoms with van der Waals surface area (Å²) in [5.74, 6) is -0.448. The average Bonchev–Trinajstić information content (AvgIpc) is 2.42. The van der Waals surface area contributed by atoms with Crippen LogP contribution in [0, 0.1) is 17.1 Å². The Morgan fingerprint density at radius 3 is 2.79 bits per heavy atom. The third kappa shape index (κ3) is 3.30. The molecule has 0 aliphatic carbocycles. The molecule has 0 aromatic heterocycles. The third-order valence-corrected chi connectivity index (χ3v) is 2.62. The Kier molecular flexibility index (Phi) is 4.11. The van der Waals surface area contributed by atoms with Crippen LogP contribution in [0.25, 0.3) is 0 Å². The fourth-order valence-electron chi connectivity index (χ4n) is 1.75. The smallest absolute Gasteiger partial charge is 0.147 e. The Balaban J connectivity index is 2.21. The molecule has 0 amide bonds. The summed E-state index contributed by atoms with van der Waals surface area (Å²) in [5, 5.41) is 11.7. The molecule has 0 radical (unpaired) electrons. The van der Waals surface area contributed by atoms with Gasteiger partial charge >= 0.3 is 0 Å². The number of nitrogens with one attached hydrogen (secondary N) is 1. The minimum atomic E-state index is -0.448. The molecule has 0 aliphatic rings. The molecule has 0 unspecified atom stereocenters. The van der Waals surface area contributed by atoms with E-state index in [1.807, 2.05) is 30.3 Å². The summed E-state index contributed by atoms with van der Waals surface area (Å²) in [6.45, 7) is 0.505. The standard InChI is InChI=1S/C15H13FN2O/c1-19-10-12-3-2-4-13(7-12)18-15-6-5-11(9-17)8-14(15)16/h2-8,18H,10H2,1H3. The summed E-state index contributed by atoms with van der Waals surface area (Å²) in [5.41, 5.74) is 2.42. The molecule has 19 heavy (non-hydrogen) atoms. The van der Waals surface area contributed by atoms with Crippen molar-refractivity contribution in [3.63, 3.8) is 0 Å². The summed E-state index contributed by atoms with van der Waals surface area (Å²) in [6.07, 6.45) is 0. The molecular formula is C15H13FN2O. The maximum atomic E-state index is 13.7. The number of nitriles is 1. The molecule has 2 aromatic rings. The number of rotatable bonds is 4. The van der Waals surface area contributed by atoms with Crippen molar-refractivity contribution in [3.8, 4) is 6.07 Å². The van der Waals surface area contributed by atoms with Gasteiger partial charge < -0.3 is 10.1 Å². The van der Waals surface area contributed by atoms with Crippen LogP contribution >= 0.6 is 0 Å². The van der Waals surface area contributed by atoms with Gasteiger partial charge in [0.1, 0.15) is 5.82 Å². The van der Waals surface area contributed by atoms with E-state index in [9.17, 15) is 4.39 Å². The molecule has 0 heterocycles. The fraction of sp³-hybridized carbons (Fsp3) is 0.133. The van der Waals surface area contributed by atoms with Crippen molar-refractivity contribution in [2.24, 2.45) is 0 Å². The number of halogens is 1. The molecule has 0 bridgehead atoms. The van der Waals surface area contributed by atoms with E-state index in [-0.39, 0.29) is 0 Å². The van der Waals surface area contributed by atoms with E-state index in [2.05, 4.69) is 5.32 Å². The van der Waals surface area contributed by atoms with E-state index >= 15 is 0 Å². The highest BCUT2D eigenvalue weighted by Crippen LogP contribution is 2.21. The lowest BCUT2D eigenvalue weighted by Crippen LogP contribution is -1.96. The molecule has 0 saturated heterocycles. The van der Waals surface area contributed by atoms with E-state index in [0.717, 1.165) is 11.3 Å². The van der Waals surface area contributed by atoms with Crippen molar-refractivity contribution >= 4 is 11.4 Å². The van der Waals surface area contributed by atoms with E-state index in [1.54, 1.807) is 19.2 Å². The van der Waals surface area contributed by atoms with Gasteiger partial charge in [-0.15, -0.1) is 0 Å². The second kappa shape index (κ2) is 5.98.